The van der Waals surface area contributed by atoms with Crippen LogP contribution in [0, 0.1) is 17.7 Å². The lowest BCUT2D eigenvalue weighted by Gasteiger charge is -2.05. The van der Waals surface area contributed by atoms with E-state index in [9.17, 15) is 9.18 Å². The minimum Gasteiger partial charge on any atom is -0.293 e. The molecule has 0 aromatic carbocycles. The number of halogens is 1. The van der Waals surface area contributed by atoms with Gasteiger partial charge in [-0.2, -0.15) is 0 Å². The molecular weight excluding hydrogens is 263 g/mol. The summed E-state index contributed by atoms with van der Waals surface area (Å²) in [5.41, 5.74) is 1.35. The van der Waals surface area contributed by atoms with Crippen LogP contribution < -0.4 is 0 Å². The quantitative estimate of drug-likeness (QED) is 0.692. The van der Waals surface area contributed by atoms with Gasteiger partial charge in [-0.05, 0) is 24.8 Å². The smallest absolute Gasteiger partial charge is 0.174 e. The van der Waals surface area contributed by atoms with Crippen LogP contribution in [0.25, 0.3) is 0 Å². The molecule has 0 amide bonds. The second kappa shape index (κ2) is 4.90. The van der Waals surface area contributed by atoms with Gasteiger partial charge in [-0.1, -0.05) is 5.92 Å². The average Bonchev–Trinajstić information content (AvgIpc) is 2.81. The Balaban J connectivity index is 1.91. The van der Waals surface area contributed by atoms with Gasteiger partial charge in [-0.15, -0.1) is 11.3 Å². The van der Waals surface area contributed by atoms with Crippen LogP contribution in [0.5, 0.6) is 0 Å². The van der Waals surface area contributed by atoms with Gasteiger partial charge in [0, 0.05) is 18.2 Å². The van der Waals surface area contributed by atoms with Gasteiger partial charge in [0.1, 0.15) is 5.82 Å². The third kappa shape index (κ3) is 2.54. The Labute approximate surface area is 113 Å². The molecule has 0 saturated heterocycles. The number of hydrogen-bond acceptors (Lipinski definition) is 4. The van der Waals surface area contributed by atoms with Crippen LogP contribution in [0.4, 0.5) is 4.39 Å². The van der Waals surface area contributed by atoms with Crippen molar-refractivity contribution in [2.75, 3.05) is 0 Å². The van der Waals surface area contributed by atoms with E-state index >= 15 is 0 Å². The van der Waals surface area contributed by atoms with E-state index in [1.807, 2.05) is 0 Å². The number of pyridine rings is 1. The Morgan fingerprint density at radius 3 is 2.95 bits per heavy atom. The zero-order valence-electron chi connectivity index (χ0n) is 9.94. The molecule has 0 radical (unpaired) electrons. The molecule has 0 aliphatic heterocycles. The van der Waals surface area contributed by atoms with Crippen molar-refractivity contribution in [2.24, 2.45) is 0 Å². The number of rotatable bonds is 0. The topological polar surface area (TPSA) is 42.9 Å². The molecule has 3 nitrogen and oxygen atoms in total. The Bertz CT molecular complexity index is 712. The molecule has 0 N–H and O–H groups in total. The predicted molar refractivity (Wildman–Crippen MR) is 69.6 cm³/mol. The van der Waals surface area contributed by atoms with Gasteiger partial charge in [0.15, 0.2) is 10.8 Å². The summed E-state index contributed by atoms with van der Waals surface area (Å²) in [7, 11) is 0. The summed E-state index contributed by atoms with van der Waals surface area (Å²) in [6.07, 6.45) is 4.91. The van der Waals surface area contributed by atoms with E-state index in [0.717, 1.165) is 29.6 Å². The van der Waals surface area contributed by atoms with Crippen LogP contribution >= 0.6 is 11.3 Å². The number of carbonyl (C=O) groups excluding carboxylic acids is 1. The molecule has 1 aliphatic carbocycles. The van der Waals surface area contributed by atoms with Crippen molar-refractivity contribution in [1.82, 2.24) is 9.97 Å². The van der Waals surface area contributed by atoms with Gasteiger partial charge in [0.25, 0.3) is 0 Å². The minimum absolute atomic E-state index is 0.152. The lowest BCUT2D eigenvalue weighted by atomic mass is 10.0. The summed E-state index contributed by atoms with van der Waals surface area (Å²) in [6.45, 7) is 0. The Morgan fingerprint density at radius 1 is 1.26 bits per heavy atom. The summed E-state index contributed by atoms with van der Waals surface area (Å²) in [6, 6.07) is 1.32. The molecule has 3 rings (SSSR count). The Morgan fingerprint density at radius 2 is 2.16 bits per heavy atom. The highest BCUT2D eigenvalue weighted by Gasteiger charge is 2.21. The maximum Gasteiger partial charge on any atom is 0.174 e. The van der Waals surface area contributed by atoms with E-state index in [1.54, 1.807) is 0 Å². The van der Waals surface area contributed by atoms with Gasteiger partial charge >= 0.3 is 0 Å². The predicted octanol–water partition coefficient (Wildman–Crippen LogP) is 2.60. The van der Waals surface area contributed by atoms with Crippen LogP contribution in [0.3, 0.4) is 0 Å². The first kappa shape index (κ1) is 12.0. The van der Waals surface area contributed by atoms with Crippen LogP contribution in [0.2, 0.25) is 0 Å². The third-order valence-corrected chi connectivity index (χ3v) is 3.84. The third-order valence-electron chi connectivity index (χ3n) is 2.79. The highest BCUT2D eigenvalue weighted by molar-refractivity contribution is 7.14. The summed E-state index contributed by atoms with van der Waals surface area (Å²) in [5, 5.41) is 0.601. The maximum atomic E-state index is 12.9. The first-order chi connectivity index (χ1) is 9.22. The van der Waals surface area contributed by atoms with Crippen molar-refractivity contribution in [3.63, 3.8) is 0 Å². The number of carbonyl (C=O) groups is 1. The van der Waals surface area contributed by atoms with Crippen LogP contribution in [-0.2, 0) is 6.42 Å². The molecule has 2 heterocycles. The molecule has 0 spiro atoms. The second-order valence-corrected chi connectivity index (χ2v) is 5.21. The summed E-state index contributed by atoms with van der Waals surface area (Å²) in [4.78, 5) is 20.5. The molecule has 1 aliphatic rings. The van der Waals surface area contributed by atoms with E-state index in [2.05, 4.69) is 21.8 Å². The van der Waals surface area contributed by atoms with Crippen molar-refractivity contribution in [2.45, 2.75) is 19.3 Å². The standard InChI is InChI=1S/C14H9FN2OS/c15-10-6-9(7-16-8-10)4-5-13-17-11-2-1-3-12(18)14(11)19-13/h6-8H,1-3H2. The normalized spacial score (nSPS) is 13.6. The Hall–Kier alpha value is -2.06. The first-order valence-electron chi connectivity index (χ1n) is 5.88. The molecule has 94 valence electrons. The summed E-state index contributed by atoms with van der Waals surface area (Å²) < 4.78 is 12.9. The highest BCUT2D eigenvalue weighted by Crippen LogP contribution is 2.26. The number of fused-ring (bicyclic) bond motifs is 1. The minimum atomic E-state index is -0.416. The van der Waals surface area contributed by atoms with Crippen LogP contribution in [0.15, 0.2) is 18.5 Å². The molecule has 2 aromatic heterocycles. The lowest BCUT2D eigenvalue weighted by Crippen LogP contribution is -2.07. The fourth-order valence-corrected chi connectivity index (χ4v) is 2.86. The van der Waals surface area contributed by atoms with E-state index < -0.39 is 5.82 Å². The van der Waals surface area contributed by atoms with E-state index in [-0.39, 0.29) is 5.78 Å². The number of thiazole rings is 1. The lowest BCUT2D eigenvalue weighted by molar-refractivity contribution is 0.0976. The van der Waals surface area contributed by atoms with Crippen molar-refractivity contribution < 1.29 is 9.18 Å². The van der Waals surface area contributed by atoms with Crippen molar-refractivity contribution in [3.05, 3.63) is 45.4 Å². The molecule has 0 saturated carbocycles. The highest BCUT2D eigenvalue weighted by atomic mass is 32.1. The largest absolute Gasteiger partial charge is 0.293 e. The second-order valence-electron chi connectivity index (χ2n) is 4.21. The number of aryl methyl sites for hydroxylation is 1. The fourth-order valence-electron chi connectivity index (χ4n) is 1.93. The number of aromatic nitrogens is 2. The zero-order valence-corrected chi connectivity index (χ0v) is 10.8. The number of Topliss-reactive ketones (excluding diaryl/α,β-unsaturated/α-hetero) is 1. The zero-order chi connectivity index (χ0) is 13.2. The molecule has 2 aromatic rings. The molecular formula is C14H9FN2OS. The van der Waals surface area contributed by atoms with Gasteiger partial charge < -0.3 is 0 Å². The van der Waals surface area contributed by atoms with E-state index in [0.29, 0.717) is 17.0 Å². The summed E-state index contributed by atoms with van der Waals surface area (Å²) >= 11 is 1.32. The Kier molecular flexibility index (Phi) is 3.10. The molecule has 0 fully saturated rings. The SMILES string of the molecule is O=C1CCCc2nc(C#Cc3cncc(F)c3)sc21. The van der Waals surface area contributed by atoms with Gasteiger partial charge in [-0.3, -0.25) is 9.78 Å². The van der Waals surface area contributed by atoms with Crippen LogP contribution in [-0.4, -0.2) is 15.8 Å². The molecule has 19 heavy (non-hydrogen) atoms. The molecule has 0 atom stereocenters. The van der Waals surface area contributed by atoms with E-state index in [1.165, 1.54) is 23.6 Å². The van der Waals surface area contributed by atoms with Gasteiger partial charge in [0.2, 0.25) is 0 Å². The molecule has 5 heteroatoms. The molecule has 0 unspecified atom stereocenters. The number of nitrogens with zero attached hydrogens (tertiary/aromatic N) is 2. The average molecular weight is 272 g/mol. The number of ketones is 1. The maximum absolute atomic E-state index is 12.9. The van der Waals surface area contributed by atoms with Gasteiger partial charge in [-0.25, -0.2) is 9.37 Å². The van der Waals surface area contributed by atoms with Gasteiger partial charge in [0.05, 0.1) is 16.8 Å². The van der Waals surface area contributed by atoms with E-state index in [4.69, 9.17) is 0 Å². The van der Waals surface area contributed by atoms with Crippen molar-refractivity contribution in [3.8, 4) is 11.8 Å². The van der Waals surface area contributed by atoms with Crippen molar-refractivity contribution in [1.29, 1.82) is 0 Å². The summed E-state index contributed by atoms with van der Waals surface area (Å²) in [5.74, 6) is 5.41. The monoisotopic (exact) mass is 272 g/mol. The fraction of sp³-hybridized carbons (Fsp3) is 0.214. The van der Waals surface area contributed by atoms with Crippen LogP contribution in [0.1, 0.15) is 38.8 Å². The number of hydrogen-bond donors (Lipinski definition) is 0. The molecule has 0 bridgehead atoms. The first-order valence-corrected chi connectivity index (χ1v) is 6.69. The van der Waals surface area contributed by atoms with Crippen molar-refractivity contribution >= 4 is 17.1 Å².